The number of methoxy groups -OCH3 is 1. The fraction of sp³-hybridized carbons (Fsp3) is 0.190. The summed E-state index contributed by atoms with van der Waals surface area (Å²) in [6.07, 6.45) is 5.20. The summed E-state index contributed by atoms with van der Waals surface area (Å²) in [6.45, 7) is 11.0. The molecule has 0 fully saturated rings. The van der Waals surface area contributed by atoms with Crippen molar-refractivity contribution in [2.75, 3.05) is 7.11 Å². The third kappa shape index (κ3) is 4.37. The summed E-state index contributed by atoms with van der Waals surface area (Å²) in [4.78, 5) is 38.4. The molecule has 7 nitrogen and oxygen atoms in total. The number of pyridine rings is 1. The summed E-state index contributed by atoms with van der Waals surface area (Å²) < 4.78 is 6.21. The van der Waals surface area contributed by atoms with E-state index in [1.54, 1.807) is 23.7 Å². The zero-order valence-corrected chi connectivity index (χ0v) is 16.4. The maximum Gasteiger partial charge on any atom is 0.354 e. The predicted octanol–water partition coefficient (Wildman–Crippen LogP) is 3.41. The highest BCUT2D eigenvalue weighted by atomic mass is 16.5. The summed E-state index contributed by atoms with van der Waals surface area (Å²) in [7, 11) is 2.92. The molecule has 0 saturated heterocycles. The molecule has 0 aromatic carbocycles. The number of aromatic hydroxyl groups is 1. The van der Waals surface area contributed by atoms with E-state index in [4.69, 9.17) is 0 Å². The van der Waals surface area contributed by atoms with Crippen LogP contribution < -0.4 is 5.56 Å². The van der Waals surface area contributed by atoms with E-state index in [0.717, 1.165) is 0 Å². The van der Waals surface area contributed by atoms with E-state index >= 15 is 0 Å². The molecule has 2 aromatic rings. The van der Waals surface area contributed by atoms with Gasteiger partial charge in [-0.1, -0.05) is 39.2 Å². The van der Waals surface area contributed by atoms with E-state index < -0.39 is 17.3 Å². The van der Waals surface area contributed by atoms with Crippen LogP contribution >= 0.6 is 0 Å². The van der Waals surface area contributed by atoms with E-state index in [2.05, 4.69) is 22.9 Å². The smallest absolute Gasteiger partial charge is 0.354 e. The topological polar surface area (TPSA) is 101 Å². The molecule has 148 valence electrons. The largest absolute Gasteiger partial charge is 0.505 e. The fourth-order valence-electron chi connectivity index (χ4n) is 2.46. The van der Waals surface area contributed by atoms with Crippen LogP contribution in [0.4, 0.5) is 0 Å². The SMILES string of the molecule is C=Cc1c(O)c(C(=O)/C=C/c2ccc(C(=O)OC)n2C)[nH]c(=O)c1C=C.CC. The highest BCUT2D eigenvalue weighted by Gasteiger charge is 2.17. The van der Waals surface area contributed by atoms with Crippen LogP contribution in [0.15, 0.2) is 36.2 Å². The van der Waals surface area contributed by atoms with Crippen LogP contribution in [0.3, 0.4) is 0 Å². The number of hydrogen-bond acceptors (Lipinski definition) is 5. The molecule has 0 aliphatic carbocycles. The van der Waals surface area contributed by atoms with Gasteiger partial charge >= 0.3 is 5.97 Å². The number of aromatic amines is 1. The maximum atomic E-state index is 12.4. The molecule has 0 radical (unpaired) electrons. The average molecular weight is 384 g/mol. The second-order valence-corrected chi connectivity index (χ2v) is 5.30. The Morgan fingerprint density at radius 3 is 2.32 bits per heavy atom. The van der Waals surface area contributed by atoms with Crippen molar-refractivity contribution in [3.05, 3.63) is 69.9 Å². The van der Waals surface area contributed by atoms with Crippen molar-refractivity contribution >= 4 is 30.0 Å². The summed E-state index contributed by atoms with van der Waals surface area (Å²) in [5.74, 6) is -1.50. The van der Waals surface area contributed by atoms with Gasteiger partial charge in [0.2, 0.25) is 5.78 Å². The molecule has 2 rings (SSSR count). The molecule has 7 heteroatoms. The van der Waals surface area contributed by atoms with E-state index in [1.807, 2.05) is 13.8 Å². The van der Waals surface area contributed by atoms with Gasteiger partial charge in [-0.3, -0.25) is 9.59 Å². The van der Waals surface area contributed by atoms with Crippen molar-refractivity contribution in [3.63, 3.8) is 0 Å². The first-order chi connectivity index (χ1) is 13.3. The monoisotopic (exact) mass is 384 g/mol. The first-order valence-corrected chi connectivity index (χ1v) is 8.56. The van der Waals surface area contributed by atoms with Gasteiger partial charge in [-0.05, 0) is 24.3 Å². The van der Waals surface area contributed by atoms with Gasteiger partial charge in [-0.25, -0.2) is 4.79 Å². The molecule has 0 aliphatic rings. The molecule has 0 amide bonds. The number of H-pyrrole nitrogens is 1. The van der Waals surface area contributed by atoms with Gasteiger partial charge in [0.05, 0.1) is 12.7 Å². The minimum absolute atomic E-state index is 0.128. The molecule has 28 heavy (non-hydrogen) atoms. The summed E-state index contributed by atoms with van der Waals surface area (Å²) in [5.41, 5.74) is 0.327. The third-order valence-electron chi connectivity index (χ3n) is 3.88. The number of rotatable bonds is 6. The third-order valence-corrected chi connectivity index (χ3v) is 3.88. The van der Waals surface area contributed by atoms with Crippen LogP contribution in [0.1, 0.15) is 51.6 Å². The Morgan fingerprint density at radius 2 is 1.79 bits per heavy atom. The Hall–Kier alpha value is -3.61. The second-order valence-electron chi connectivity index (χ2n) is 5.30. The van der Waals surface area contributed by atoms with Crippen LogP contribution in [0.5, 0.6) is 5.75 Å². The quantitative estimate of drug-likeness (QED) is 0.451. The van der Waals surface area contributed by atoms with Crippen LogP contribution in [0, 0.1) is 0 Å². The lowest BCUT2D eigenvalue weighted by molar-refractivity contribution is 0.0589. The van der Waals surface area contributed by atoms with Crippen molar-refractivity contribution in [1.82, 2.24) is 9.55 Å². The first kappa shape index (κ1) is 22.4. The molecular weight excluding hydrogens is 360 g/mol. The van der Waals surface area contributed by atoms with E-state index in [1.165, 1.54) is 31.4 Å². The van der Waals surface area contributed by atoms with Gasteiger partial charge in [-0.2, -0.15) is 0 Å². The van der Waals surface area contributed by atoms with Gasteiger partial charge in [0.25, 0.3) is 5.56 Å². The van der Waals surface area contributed by atoms with Gasteiger partial charge in [-0.15, -0.1) is 0 Å². The lowest BCUT2D eigenvalue weighted by Gasteiger charge is -2.07. The van der Waals surface area contributed by atoms with E-state index in [-0.39, 0.29) is 22.6 Å². The number of carbonyl (C=O) groups excluding carboxylic acids is 2. The standard InChI is InChI=1S/C19H18N2O5.C2H6/c1-5-12-13(6-2)18(24)20-16(17(12)23)15(22)10-8-11-7-9-14(21(11)3)19(25)26-4;1-2/h5-10,23H,1-2H2,3-4H3,(H,20,24);1-2H3/b10-8+;. The molecule has 0 spiro atoms. The van der Waals surface area contributed by atoms with Crippen molar-refractivity contribution in [2.45, 2.75) is 13.8 Å². The first-order valence-electron chi connectivity index (χ1n) is 8.56. The molecule has 0 bridgehead atoms. The highest BCUT2D eigenvalue weighted by molar-refractivity contribution is 6.08. The van der Waals surface area contributed by atoms with Gasteiger partial charge in [0.1, 0.15) is 11.4 Å². The lowest BCUT2D eigenvalue weighted by atomic mass is 10.1. The zero-order valence-electron chi connectivity index (χ0n) is 16.4. The number of esters is 1. The molecule has 2 aromatic heterocycles. The van der Waals surface area contributed by atoms with Crippen LogP contribution in [0.2, 0.25) is 0 Å². The number of hydrogen-bond donors (Lipinski definition) is 2. The minimum Gasteiger partial charge on any atom is -0.505 e. The number of aromatic nitrogens is 2. The second kappa shape index (κ2) is 9.91. The number of nitrogens with one attached hydrogen (secondary N) is 1. The summed E-state index contributed by atoms with van der Waals surface area (Å²) >= 11 is 0. The van der Waals surface area contributed by atoms with E-state index in [0.29, 0.717) is 11.4 Å². The Balaban J connectivity index is 0.00000190. The van der Waals surface area contributed by atoms with Crippen LogP contribution in [-0.4, -0.2) is 33.5 Å². The zero-order chi connectivity index (χ0) is 21.4. The van der Waals surface area contributed by atoms with Crippen molar-refractivity contribution in [3.8, 4) is 5.75 Å². The Bertz CT molecular complexity index is 993. The van der Waals surface area contributed by atoms with Gasteiger partial charge in [0.15, 0.2) is 5.75 Å². The predicted molar refractivity (Wildman–Crippen MR) is 110 cm³/mol. The number of ether oxygens (including phenoxy) is 1. The lowest BCUT2D eigenvalue weighted by Crippen LogP contribution is -2.16. The van der Waals surface area contributed by atoms with Crippen LogP contribution in [0.25, 0.3) is 18.2 Å². The Kier molecular flexibility index (Phi) is 7.94. The number of allylic oxidation sites excluding steroid dienone is 1. The molecule has 2 heterocycles. The number of ketones is 1. The minimum atomic E-state index is -0.612. The van der Waals surface area contributed by atoms with Crippen molar-refractivity contribution in [1.29, 1.82) is 0 Å². The van der Waals surface area contributed by atoms with Gasteiger partial charge in [0, 0.05) is 18.3 Å². The average Bonchev–Trinajstić information content (AvgIpc) is 3.08. The molecule has 0 unspecified atom stereocenters. The molecular formula is C21H24N2O5. The normalized spacial score (nSPS) is 10.1. The van der Waals surface area contributed by atoms with Crippen molar-refractivity contribution < 1.29 is 19.4 Å². The van der Waals surface area contributed by atoms with E-state index in [9.17, 15) is 19.5 Å². The molecule has 0 atom stereocenters. The number of nitrogens with zero attached hydrogens (tertiary/aromatic N) is 1. The molecule has 2 N–H and O–H groups in total. The highest BCUT2D eigenvalue weighted by Crippen LogP contribution is 2.24. The Morgan fingerprint density at radius 1 is 1.18 bits per heavy atom. The summed E-state index contributed by atoms with van der Waals surface area (Å²) in [5, 5.41) is 10.2. The Labute approximate surface area is 163 Å². The van der Waals surface area contributed by atoms with Crippen molar-refractivity contribution in [2.24, 2.45) is 7.05 Å². The van der Waals surface area contributed by atoms with Crippen LogP contribution in [-0.2, 0) is 11.8 Å². The maximum absolute atomic E-state index is 12.4. The summed E-state index contributed by atoms with van der Waals surface area (Å²) in [6, 6.07) is 3.19. The fourth-order valence-corrected chi connectivity index (χ4v) is 2.46. The number of carbonyl (C=O) groups is 2. The molecule has 0 saturated carbocycles. The van der Waals surface area contributed by atoms with Gasteiger partial charge < -0.3 is 19.4 Å². The molecule has 0 aliphatic heterocycles.